The summed E-state index contributed by atoms with van der Waals surface area (Å²) in [6.07, 6.45) is 0. The van der Waals surface area contributed by atoms with Gasteiger partial charge in [-0.3, -0.25) is 4.79 Å². The van der Waals surface area contributed by atoms with Crippen LogP contribution in [0.5, 0.6) is 5.75 Å². The summed E-state index contributed by atoms with van der Waals surface area (Å²) >= 11 is 0. The number of ether oxygens (including phenoxy) is 1. The summed E-state index contributed by atoms with van der Waals surface area (Å²) in [7, 11) is 1.71. The third-order valence-corrected chi connectivity index (χ3v) is 4.29. The van der Waals surface area contributed by atoms with Crippen molar-refractivity contribution in [1.29, 1.82) is 0 Å². The maximum absolute atomic E-state index is 12.8. The molecule has 0 unspecified atom stereocenters. The van der Waals surface area contributed by atoms with Crippen molar-refractivity contribution in [3.63, 3.8) is 0 Å². The van der Waals surface area contributed by atoms with Crippen molar-refractivity contribution in [2.24, 2.45) is 5.41 Å². The van der Waals surface area contributed by atoms with Crippen molar-refractivity contribution >= 4 is 11.6 Å². The zero-order chi connectivity index (χ0) is 16.2. The SMILES string of the molecule is COc1c(C)cc2c(c1C)C(C)(C)CN2C(=O)C(C)(C)C. The highest BCUT2D eigenvalue weighted by molar-refractivity contribution is 6.00. The van der Waals surface area contributed by atoms with Crippen molar-refractivity contribution < 1.29 is 9.53 Å². The fourth-order valence-corrected chi connectivity index (χ4v) is 3.47. The van der Waals surface area contributed by atoms with Gasteiger partial charge in [-0.1, -0.05) is 34.6 Å². The summed E-state index contributed by atoms with van der Waals surface area (Å²) in [5.41, 5.74) is 4.10. The van der Waals surface area contributed by atoms with Crippen molar-refractivity contribution in [1.82, 2.24) is 0 Å². The molecule has 2 rings (SSSR count). The lowest BCUT2D eigenvalue weighted by Gasteiger charge is -2.27. The molecule has 0 saturated heterocycles. The minimum absolute atomic E-state index is 0.0543. The van der Waals surface area contributed by atoms with Crippen LogP contribution in [0.4, 0.5) is 5.69 Å². The number of hydrogen-bond acceptors (Lipinski definition) is 2. The number of amides is 1. The minimum Gasteiger partial charge on any atom is -0.496 e. The van der Waals surface area contributed by atoms with Crippen molar-refractivity contribution in [3.8, 4) is 5.75 Å². The van der Waals surface area contributed by atoms with Gasteiger partial charge in [0.15, 0.2) is 0 Å². The Morgan fingerprint density at radius 1 is 1.29 bits per heavy atom. The second-order valence-electron chi connectivity index (χ2n) is 7.77. The number of carbonyl (C=O) groups excluding carboxylic acids is 1. The number of fused-ring (bicyclic) bond motifs is 1. The second-order valence-corrected chi connectivity index (χ2v) is 7.77. The predicted molar refractivity (Wildman–Crippen MR) is 87.3 cm³/mol. The third-order valence-electron chi connectivity index (χ3n) is 4.29. The van der Waals surface area contributed by atoms with Gasteiger partial charge in [-0.25, -0.2) is 0 Å². The fraction of sp³-hybridized carbons (Fsp3) is 0.611. The molecule has 0 radical (unpaired) electrons. The summed E-state index contributed by atoms with van der Waals surface area (Å²) in [5, 5.41) is 0. The van der Waals surface area contributed by atoms with E-state index in [2.05, 4.69) is 26.8 Å². The van der Waals surface area contributed by atoms with Gasteiger partial charge in [-0.15, -0.1) is 0 Å². The monoisotopic (exact) mass is 289 g/mol. The van der Waals surface area contributed by atoms with Crippen LogP contribution in [0, 0.1) is 19.3 Å². The molecule has 1 heterocycles. The average Bonchev–Trinajstić information content (AvgIpc) is 2.59. The number of methoxy groups -OCH3 is 1. The molecule has 0 bridgehead atoms. The molecule has 0 spiro atoms. The van der Waals surface area contributed by atoms with Gasteiger partial charge in [0.2, 0.25) is 5.91 Å². The topological polar surface area (TPSA) is 29.5 Å². The Bertz CT molecular complexity index is 594. The van der Waals surface area contributed by atoms with E-state index < -0.39 is 0 Å². The van der Waals surface area contributed by atoms with Crippen LogP contribution in [0.1, 0.15) is 51.3 Å². The van der Waals surface area contributed by atoms with E-state index in [-0.39, 0.29) is 16.7 Å². The van der Waals surface area contributed by atoms with Gasteiger partial charge < -0.3 is 9.64 Å². The first-order chi connectivity index (χ1) is 9.50. The predicted octanol–water partition coefficient (Wildman–Crippen LogP) is 3.98. The van der Waals surface area contributed by atoms with Crippen LogP contribution in [0.15, 0.2) is 6.07 Å². The molecule has 21 heavy (non-hydrogen) atoms. The highest BCUT2D eigenvalue weighted by atomic mass is 16.5. The molecule has 0 atom stereocenters. The smallest absolute Gasteiger partial charge is 0.232 e. The Labute approximate surface area is 128 Å². The molecule has 1 aromatic carbocycles. The van der Waals surface area contributed by atoms with E-state index in [4.69, 9.17) is 4.74 Å². The molecule has 0 aromatic heterocycles. The van der Waals surface area contributed by atoms with Crippen LogP contribution in [0.3, 0.4) is 0 Å². The summed E-state index contributed by atoms with van der Waals surface area (Å²) in [4.78, 5) is 14.7. The standard InChI is InChI=1S/C18H27NO2/c1-11-9-13-14(12(2)15(11)21-8)18(6,7)10-19(13)16(20)17(3,4)5/h9H,10H2,1-8H3. The Morgan fingerprint density at radius 3 is 2.33 bits per heavy atom. The molecule has 1 aliphatic heterocycles. The van der Waals surface area contributed by atoms with E-state index >= 15 is 0 Å². The normalized spacial score (nSPS) is 16.9. The molecule has 0 fully saturated rings. The number of nitrogens with zero attached hydrogens (tertiary/aromatic N) is 1. The van der Waals surface area contributed by atoms with E-state index in [0.717, 1.165) is 29.1 Å². The summed E-state index contributed by atoms with van der Waals surface area (Å²) in [6, 6.07) is 2.10. The number of benzene rings is 1. The lowest BCUT2D eigenvalue weighted by molar-refractivity contribution is -0.125. The lowest BCUT2D eigenvalue weighted by atomic mass is 9.83. The molecule has 3 nitrogen and oxygen atoms in total. The van der Waals surface area contributed by atoms with Crippen LogP contribution >= 0.6 is 0 Å². The van der Waals surface area contributed by atoms with Gasteiger partial charge in [0.25, 0.3) is 0 Å². The molecule has 0 saturated carbocycles. The zero-order valence-corrected chi connectivity index (χ0v) is 14.5. The summed E-state index contributed by atoms with van der Waals surface area (Å²) in [5.74, 6) is 1.12. The first-order valence-corrected chi connectivity index (χ1v) is 7.51. The average molecular weight is 289 g/mol. The molecule has 116 valence electrons. The number of hydrogen-bond donors (Lipinski definition) is 0. The Kier molecular flexibility index (Phi) is 3.59. The van der Waals surface area contributed by atoms with Gasteiger partial charge in [-0.2, -0.15) is 0 Å². The minimum atomic E-state index is -0.376. The van der Waals surface area contributed by atoms with Gasteiger partial charge >= 0.3 is 0 Å². The highest BCUT2D eigenvalue weighted by Gasteiger charge is 2.42. The zero-order valence-electron chi connectivity index (χ0n) is 14.5. The van der Waals surface area contributed by atoms with Crippen LogP contribution < -0.4 is 9.64 Å². The number of anilines is 1. The van der Waals surface area contributed by atoms with E-state index in [9.17, 15) is 4.79 Å². The van der Waals surface area contributed by atoms with Crippen LogP contribution in [0.25, 0.3) is 0 Å². The molecular formula is C18H27NO2. The van der Waals surface area contributed by atoms with Gasteiger partial charge in [0.1, 0.15) is 5.75 Å². The van der Waals surface area contributed by atoms with E-state index in [1.165, 1.54) is 5.56 Å². The highest BCUT2D eigenvalue weighted by Crippen LogP contribution is 2.47. The van der Waals surface area contributed by atoms with E-state index in [1.54, 1.807) is 7.11 Å². The quantitative estimate of drug-likeness (QED) is 0.782. The maximum Gasteiger partial charge on any atom is 0.232 e. The maximum atomic E-state index is 12.8. The van der Waals surface area contributed by atoms with E-state index in [0.29, 0.717) is 0 Å². The number of rotatable bonds is 1. The molecule has 1 aromatic rings. The van der Waals surface area contributed by atoms with Crippen LogP contribution in [-0.2, 0) is 10.2 Å². The molecule has 1 aliphatic rings. The second kappa shape index (κ2) is 4.75. The van der Waals surface area contributed by atoms with Crippen LogP contribution in [0.2, 0.25) is 0 Å². The molecule has 3 heteroatoms. The first-order valence-electron chi connectivity index (χ1n) is 7.51. The number of aryl methyl sites for hydroxylation is 1. The van der Waals surface area contributed by atoms with Crippen molar-refractivity contribution in [2.75, 3.05) is 18.6 Å². The Balaban J connectivity index is 2.66. The summed E-state index contributed by atoms with van der Waals surface area (Å²) in [6.45, 7) is 15.2. The molecule has 0 N–H and O–H groups in total. The number of carbonyl (C=O) groups is 1. The van der Waals surface area contributed by atoms with Crippen LogP contribution in [-0.4, -0.2) is 19.6 Å². The molecule has 1 amide bonds. The Hall–Kier alpha value is -1.51. The summed E-state index contributed by atoms with van der Waals surface area (Å²) < 4.78 is 5.55. The largest absolute Gasteiger partial charge is 0.496 e. The lowest BCUT2D eigenvalue weighted by Crippen LogP contribution is -2.40. The van der Waals surface area contributed by atoms with Gasteiger partial charge in [-0.05, 0) is 36.6 Å². The molecular weight excluding hydrogens is 262 g/mol. The van der Waals surface area contributed by atoms with Gasteiger partial charge in [0, 0.05) is 23.1 Å². The molecule has 0 aliphatic carbocycles. The van der Waals surface area contributed by atoms with E-state index in [1.807, 2.05) is 32.6 Å². The Morgan fingerprint density at radius 2 is 1.86 bits per heavy atom. The third kappa shape index (κ3) is 2.43. The van der Waals surface area contributed by atoms with Crippen molar-refractivity contribution in [2.45, 2.75) is 53.9 Å². The first kappa shape index (κ1) is 15.9. The van der Waals surface area contributed by atoms with Crippen molar-refractivity contribution in [3.05, 3.63) is 22.8 Å². The van der Waals surface area contributed by atoms with Gasteiger partial charge in [0.05, 0.1) is 7.11 Å². The fourth-order valence-electron chi connectivity index (χ4n) is 3.47.